The number of aromatic nitrogens is 1. The minimum Gasteiger partial charge on any atom is -0.356 e. The van der Waals surface area contributed by atoms with Gasteiger partial charge in [0.15, 0.2) is 0 Å². The Labute approximate surface area is 156 Å². The van der Waals surface area contributed by atoms with Crippen molar-refractivity contribution in [2.45, 2.75) is 57.5 Å². The number of amides is 1. The van der Waals surface area contributed by atoms with Gasteiger partial charge in [-0.05, 0) is 43.9 Å². The van der Waals surface area contributed by atoms with Crippen molar-refractivity contribution >= 4 is 16.8 Å². The maximum atomic E-state index is 12.7. The highest BCUT2D eigenvalue weighted by molar-refractivity contribution is 5.84. The lowest BCUT2D eigenvalue weighted by Gasteiger charge is -2.32. The molecule has 1 N–H and O–H groups in total. The Kier molecular flexibility index (Phi) is 5.30. The van der Waals surface area contributed by atoms with E-state index in [1.165, 1.54) is 42.1 Å². The summed E-state index contributed by atoms with van der Waals surface area (Å²) in [5, 5.41) is 4.55. The zero-order chi connectivity index (χ0) is 17.9. The molecular weight excluding hydrogens is 322 g/mol. The lowest BCUT2D eigenvalue weighted by molar-refractivity contribution is -0.126. The molecular formula is C22H31N3O. The predicted molar refractivity (Wildman–Crippen MR) is 106 cm³/mol. The maximum Gasteiger partial charge on any atom is 0.224 e. The number of hydrogen-bond acceptors (Lipinski definition) is 2. The molecule has 2 atom stereocenters. The topological polar surface area (TPSA) is 37.3 Å². The van der Waals surface area contributed by atoms with E-state index in [1.54, 1.807) is 0 Å². The summed E-state index contributed by atoms with van der Waals surface area (Å²) < 4.78 is 2.23. The second-order valence-corrected chi connectivity index (χ2v) is 8.06. The van der Waals surface area contributed by atoms with Crippen LogP contribution in [0.1, 0.15) is 50.5 Å². The molecule has 0 unspecified atom stereocenters. The smallest absolute Gasteiger partial charge is 0.224 e. The average Bonchev–Trinajstić information content (AvgIpc) is 3.24. The van der Waals surface area contributed by atoms with Crippen molar-refractivity contribution in [3.63, 3.8) is 0 Å². The fourth-order valence-corrected chi connectivity index (χ4v) is 4.95. The van der Waals surface area contributed by atoms with Crippen LogP contribution in [0.5, 0.6) is 0 Å². The maximum absolute atomic E-state index is 12.7. The summed E-state index contributed by atoms with van der Waals surface area (Å²) >= 11 is 0. The van der Waals surface area contributed by atoms with Gasteiger partial charge in [0.2, 0.25) is 5.91 Å². The van der Waals surface area contributed by atoms with Crippen LogP contribution in [0.4, 0.5) is 0 Å². The summed E-state index contributed by atoms with van der Waals surface area (Å²) in [4.78, 5) is 15.3. The molecule has 2 heterocycles. The van der Waals surface area contributed by atoms with Crippen molar-refractivity contribution in [1.29, 1.82) is 0 Å². The number of nitrogens with zero attached hydrogens (tertiary/aromatic N) is 2. The second kappa shape index (κ2) is 7.83. The van der Waals surface area contributed by atoms with E-state index < -0.39 is 0 Å². The Morgan fingerprint density at radius 1 is 1.08 bits per heavy atom. The van der Waals surface area contributed by atoms with Crippen LogP contribution in [-0.2, 0) is 18.4 Å². The Morgan fingerprint density at radius 3 is 2.85 bits per heavy atom. The molecule has 1 aromatic heterocycles. The summed E-state index contributed by atoms with van der Waals surface area (Å²) in [5.74, 6) is 0.459. The number of fused-ring (bicyclic) bond motifs is 2. The molecule has 26 heavy (non-hydrogen) atoms. The summed E-state index contributed by atoms with van der Waals surface area (Å²) in [7, 11) is 2.13. The normalized spacial score (nSPS) is 25.7. The summed E-state index contributed by atoms with van der Waals surface area (Å²) in [6, 6.07) is 9.06. The van der Waals surface area contributed by atoms with Gasteiger partial charge in [0, 0.05) is 43.3 Å². The number of rotatable bonds is 2. The first-order chi connectivity index (χ1) is 12.7. The van der Waals surface area contributed by atoms with Gasteiger partial charge in [-0.25, -0.2) is 0 Å². The molecule has 0 bridgehead atoms. The molecule has 0 radical (unpaired) electrons. The molecule has 0 spiro atoms. The molecule has 1 saturated carbocycles. The first-order valence-corrected chi connectivity index (χ1v) is 10.3. The number of benzene rings is 1. The molecule has 2 aromatic rings. The van der Waals surface area contributed by atoms with E-state index in [-0.39, 0.29) is 11.8 Å². The molecule has 2 aliphatic rings. The van der Waals surface area contributed by atoms with Crippen LogP contribution >= 0.6 is 0 Å². The molecule has 2 fully saturated rings. The highest BCUT2D eigenvalue weighted by Crippen LogP contribution is 2.33. The molecule has 1 aromatic carbocycles. The van der Waals surface area contributed by atoms with Gasteiger partial charge in [-0.3, -0.25) is 9.69 Å². The highest BCUT2D eigenvalue weighted by atomic mass is 16.1. The highest BCUT2D eigenvalue weighted by Gasteiger charge is 2.36. The quantitative estimate of drug-likeness (QED) is 0.891. The van der Waals surface area contributed by atoms with Crippen molar-refractivity contribution in [2.24, 2.45) is 13.0 Å². The lowest BCUT2D eigenvalue weighted by Crippen LogP contribution is -2.44. The van der Waals surface area contributed by atoms with Gasteiger partial charge < -0.3 is 9.88 Å². The van der Waals surface area contributed by atoms with E-state index >= 15 is 0 Å². The number of aryl methyl sites for hydroxylation is 1. The molecule has 4 rings (SSSR count). The van der Waals surface area contributed by atoms with Crippen LogP contribution in [0, 0.1) is 5.92 Å². The van der Waals surface area contributed by atoms with Crippen LogP contribution in [-0.4, -0.2) is 34.5 Å². The zero-order valence-electron chi connectivity index (χ0n) is 15.9. The van der Waals surface area contributed by atoms with Gasteiger partial charge in [0.1, 0.15) is 0 Å². The molecule has 140 valence electrons. The molecule has 1 saturated heterocycles. The van der Waals surface area contributed by atoms with Crippen LogP contribution in [0.2, 0.25) is 0 Å². The van der Waals surface area contributed by atoms with E-state index in [9.17, 15) is 4.79 Å². The lowest BCUT2D eigenvalue weighted by atomic mass is 9.99. The number of carbonyl (C=O) groups excluding carboxylic acids is 1. The standard InChI is InChI=1S/C22H31N3O/c1-24-15-17(18-9-4-5-11-20(18)24)16-25-14-7-3-2-6-13-23-22(26)19-10-8-12-21(19)25/h4-5,9,11,15,19,21H,2-3,6-8,10,12-14,16H2,1H3,(H,23,26)/t19-,21+/m1/s1. The predicted octanol–water partition coefficient (Wildman–Crippen LogP) is 3.84. The third kappa shape index (κ3) is 3.52. The summed E-state index contributed by atoms with van der Waals surface area (Å²) in [6.45, 7) is 2.92. The Bertz CT molecular complexity index is 766. The fraction of sp³-hybridized carbons (Fsp3) is 0.591. The molecule has 1 aliphatic carbocycles. The first kappa shape index (κ1) is 17.6. The zero-order valence-corrected chi connectivity index (χ0v) is 15.9. The largest absolute Gasteiger partial charge is 0.356 e. The molecule has 1 amide bonds. The second-order valence-electron chi connectivity index (χ2n) is 8.06. The van der Waals surface area contributed by atoms with E-state index in [0.29, 0.717) is 6.04 Å². The average molecular weight is 354 g/mol. The van der Waals surface area contributed by atoms with Gasteiger partial charge in [0.05, 0.1) is 5.92 Å². The third-order valence-corrected chi connectivity index (χ3v) is 6.31. The minimum atomic E-state index is 0.170. The van der Waals surface area contributed by atoms with E-state index in [1.807, 2.05) is 0 Å². The van der Waals surface area contributed by atoms with Gasteiger partial charge in [0.25, 0.3) is 0 Å². The molecule has 4 nitrogen and oxygen atoms in total. The number of para-hydroxylation sites is 1. The van der Waals surface area contributed by atoms with Crippen molar-refractivity contribution in [3.05, 3.63) is 36.0 Å². The summed E-state index contributed by atoms with van der Waals surface area (Å²) in [5.41, 5.74) is 2.69. The van der Waals surface area contributed by atoms with Crippen molar-refractivity contribution in [3.8, 4) is 0 Å². The number of carbonyl (C=O) groups is 1. The Morgan fingerprint density at radius 2 is 1.92 bits per heavy atom. The van der Waals surface area contributed by atoms with Crippen LogP contribution in [0.15, 0.2) is 30.5 Å². The van der Waals surface area contributed by atoms with Gasteiger partial charge in [-0.1, -0.05) is 37.5 Å². The van der Waals surface area contributed by atoms with Crippen molar-refractivity contribution in [1.82, 2.24) is 14.8 Å². The van der Waals surface area contributed by atoms with Crippen LogP contribution in [0.3, 0.4) is 0 Å². The first-order valence-electron chi connectivity index (χ1n) is 10.3. The molecule has 1 aliphatic heterocycles. The van der Waals surface area contributed by atoms with Crippen LogP contribution in [0.25, 0.3) is 10.9 Å². The molecule has 4 heteroatoms. The van der Waals surface area contributed by atoms with Crippen molar-refractivity contribution in [2.75, 3.05) is 13.1 Å². The van der Waals surface area contributed by atoms with Gasteiger partial charge in [-0.15, -0.1) is 0 Å². The van der Waals surface area contributed by atoms with Crippen molar-refractivity contribution < 1.29 is 4.79 Å². The van der Waals surface area contributed by atoms with Gasteiger partial charge in [-0.2, -0.15) is 0 Å². The number of nitrogens with one attached hydrogen (secondary N) is 1. The van der Waals surface area contributed by atoms with E-state index in [4.69, 9.17) is 0 Å². The SMILES string of the molecule is Cn1cc(CN2CCCCCCNC(=O)[C@@H]3CCC[C@@H]32)c2ccccc21. The Hall–Kier alpha value is -1.81. The van der Waals surface area contributed by atoms with E-state index in [2.05, 4.69) is 52.3 Å². The fourth-order valence-electron chi connectivity index (χ4n) is 4.95. The monoisotopic (exact) mass is 353 g/mol. The Balaban J connectivity index is 1.61. The van der Waals surface area contributed by atoms with E-state index in [0.717, 1.165) is 38.9 Å². The number of hydrogen-bond donors (Lipinski definition) is 1. The van der Waals surface area contributed by atoms with Gasteiger partial charge >= 0.3 is 0 Å². The minimum absolute atomic E-state index is 0.170. The summed E-state index contributed by atoms with van der Waals surface area (Å²) in [6.07, 6.45) is 10.5. The van der Waals surface area contributed by atoms with Crippen LogP contribution < -0.4 is 5.32 Å². The third-order valence-electron chi connectivity index (χ3n) is 6.31.